The van der Waals surface area contributed by atoms with Crippen LogP contribution in [0.1, 0.15) is 18.2 Å². The van der Waals surface area contributed by atoms with Crippen LogP contribution in [0.25, 0.3) is 0 Å². The highest BCUT2D eigenvalue weighted by molar-refractivity contribution is 5.79. The molecule has 0 aliphatic rings. The van der Waals surface area contributed by atoms with E-state index in [0.717, 1.165) is 29.5 Å². The summed E-state index contributed by atoms with van der Waals surface area (Å²) in [7, 11) is 0. The third kappa shape index (κ3) is 5.50. The first-order valence-electron chi connectivity index (χ1n) is 7.65. The number of nitrogens with one attached hydrogen (secondary N) is 3. The van der Waals surface area contributed by atoms with E-state index in [0.29, 0.717) is 19.7 Å². The zero-order valence-corrected chi connectivity index (χ0v) is 13.4. The van der Waals surface area contributed by atoms with Crippen molar-refractivity contribution >= 4 is 5.96 Å². The fourth-order valence-electron chi connectivity index (χ4n) is 1.99. The molecule has 1 aromatic heterocycles. The molecule has 2 rings (SSSR count). The lowest BCUT2D eigenvalue weighted by Gasteiger charge is -2.12. The molecule has 6 nitrogen and oxygen atoms in total. The minimum atomic E-state index is 0.485. The van der Waals surface area contributed by atoms with Gasteiger partial charge in [0.05, 0.1) is 18.8 Å². The first-order valence-corrected chi connectivity index (χ1v) is 7.65. The Balaban J connectivity index is 2.00. The van der Waals surface area contributed by atoms with Crippen molar-refractivity contribution < 1.29 is 4.74 Å². The molecule has 3 N–H and O–H groups in total. The van der Waals surface area contributed by atoms with Gasteiger partial charge in [-0.05, 0) is 19.1 Å². The second-order valence-electron chi connectivity index (χ2n) is 4.84. The van der Waals surface area contributed by atoms with Crippen LogP contribution in [-0.2, 0) is 13.1 Å². The predicted octanol–water partition coefficient (Wildman–Crippen LogP) is 2.23. The summed E-state index contributed by atoms with van der Waals surface area (Å²) in [5, 5.41) is 13.3. The zero-order chi connectivity index (χ0) is 16.3. The van der Waals surface area contributed by atoms with Crippen LogP contribution in [0.5, 0.6) is 5.75 Å². The van der Waals surface area contributed by atoms with E-state index in [9.17, 15) is 0 Å². The van der Waals surface area contributed by atoms with Crippen LogP contribution in [0, 0.1) is 0 Å². The highest BCUT2D eigenvalue weighted by Crippen LogP contribution is 2.18. The van der Waals surface area contributed by atoms with Crippen LogP contribution >= 0.6 is 0 Å². The lowest BCUT2D eigenvalue weighted by atomic mass is 10.2. The summed E-state index contributed by atoms with van der Waals surface area (Å²) in [4.78, 5) is 4.61. The summed E-state index contributed by atoms with van der Waals surface area (Å²) in [6, 6.07) is 9.82. The van der Waals surface area contributed by atoms with Crippen molar-refractivity contribution in [2.24, 2.45) is 4.99 Å². The number of benzene rings is 1. The van der Waals surface area contributed by atoms with Gasteiger partial charge >= 0.3 is 0 Å². The molecule has 0 aliphatic carbocycles. The molecule has 23 heavy (non-hydrogen) atoms. The fourth-order valence-corrected chi connectivity index (χ4v) is 1.99. The molecule has 0 spiro atoms. The standard InChI is InChI=1S/C17H23N5O/c1-3-11-23-16-8-6-5-7-14(16)12-19-17(18-4-2)20-13-15-9-10-21-22-15/h3,5-10H,1,4,11-13H2,2H3,(H,21,22)(H2,18,19,20). The van der Waals surface area contributed by atoms with Gasteiger partial charge in [0.25, 0.3) is 0 Å². The monoisotopic (exact) mass is 313 g/mol. The number of para-hydroxylation sites is 1. The molecular weight excluding hydrogens is 290 g/mol. The van der Waals surface area contributed by atoms with E-state index in [-0.39, 0.29) is 0 Å². The van der Waals surface area contributed by atoms with Crippen LogP contribution in [0.4, 0.5) is 0 Å². The molecule has 1 aromatic carbocycles. The average molecular weight is 313 g/mol. The molecule has 1 heterocycles. The Morgan fingerprint density at radius 2 is 2.22 bits per heavy atom. The topological polar surface area (TPSA) is 74.3 Å². The van der Waals surface area contributed by atoms with Crippen LogP contribution in [0.15, 0.2) is 54.2 Å². The van der Waals surface area contributed by atoms with Crippen molar-refractivity contribution in [1.82, 2.24) is 20.8 Å². The summed E-state index contributed by atoms with van der Waals surface area (Å²) in [5.41, 5.74) is 2.04. The molecular formula is C17H23N5O. The molecule has 0 saturated heterocycles. The number of aromatic amines is 1. The molecule has 0 amide bonds. The molecule has 0 atom stereocenters. The van der Waals surface area contributed by atoms with Gasteiger partial charge in [0.2, 0.25) is 0 Å². The maximum absolute atomic E-state index is 5.66. The van der Waals surface area contributed by atoms with Gasteiger partial charge in [-0.25, -0.2) is 4.99 Å². The van der Waals surface area contributed by atoms with Crippen LogP contribution in [0.2, 0.25) is 0 Å². The van der Waals surface area contributed by atoms with E-state index in [1.807, 2.05) is 37.3 Å². The van der Waals surface area contributed by atoms with Gasteiger partial charge in [-0.3, -0.25) is 5.10 Å². The summed E-state index contributed by atoms with van der Waals surface area (Å²) in [5.74, 6) is 1.58. The normalized spacial score (nSPS) is 11.1. The lowest BCUT2D eigenvalue weighted by molar-refractivity contribution is 0.359. The van der Waals surface area contributed by atoms with E-state index < -0.39 is 0 Å². The van der Waals surface area contributed by atoms with Crippen molar-refractivity contribution in [1.29, 1.82) is 0 Å². The zero-order valence-electron chi connectivity index (χ0n) is 13.4. The number of rotatable bonds is 8. The fraction of sp³-hybridized carbons (Fsp3) is 0.294. The number of aliphatic imine (C=N–C) groups is 1. The van der Waals surface area contributed by atoms with Gasteiger partial charge in [0, 0.05) is 18.3 Å². The number of H-pyrrole nitrogens is 1. The number of ether oxygens (including phenoxy) is 1. The van der Waals surface area contributed by atoms with Gasteiger partial charge in [0.1, 0.15) is 12.4 Å². The molecule has 0 fully saturated rings. The second kappa shape index (κ2) is 9.30. The molecule has 0 radical (unpaired) electrons. The van der Waals surface area contributed by atoms with Gasteiger partial charge < -0.3 is 15.4 Å². The first kappa shape index (κ1) is 16.6. The minimum absolute atomic E-state index is 0.485. The maximum atomic E-state index is 5.66. The Bertz CT molecular complexity index is 622. The number of aromatic nitrogens is 2. The summed E-state index contributed by atoms with van der Waals surface area (Å²) >= 11 is 0. The number of guanidine groups is 1. The van der Waals surface area contributed by atoms with E-state index >= 15 is 0 Å². The van der Waals surface area contributed by atoms with Crippen molar-refractivity contribution in [2.75, 3.05) is 13.2 Å². The summed E-state index contributed by atoms with van der Waals surface area (Å²) < 4.78 is 5.66. The molecule has 2 aromatic rings. The van der Waals surface area contributed by atoms with Crippen molar-refractivity contribution in [3.05, 3.63) is 60.4 Å². The van der Waals surface area contributed by atoms with Crippen LogP contribution < -0.4 is 15.4 Å². The summed E-state index contributed by atoms with van der Waals surface area (Å²) in [6.45, 7) is 8.16. The molecule has 0 unspecified atom stereocenters. The van der Waals surface area contributed by atoms with Crippen LogP contribution in [0.3, 0.4) is 0 Å². The average Bonchev–Trinajstić information content (AvgIpc) is 3.09. The van der Waals surface area contributed by atoms with E-state index in [4.69, 9.17) is 4.74 Å². The van der Waals surface area contributed by atoms with Gasteiger partial charge in [-0.15, -0.1) is 0 Å². The smallest absolute Gasteiger partial charge is 0.191 e. The van der Waals surface area contributed by atoms with Gasteiger partial charge in [-0.2, -0.15) is 5.10 Å². The van der Waals surface area contributed by atoms with Crippen molar-refractivity contribution in [3.63, 3.8) is 0 Å². The third-order valence-electron chi connectivity index (χ3n) is 3.09. The predicted molar refractivity (Wildman–Crippen MR) is 92.4 cm³/mol. The molecule has 0 saturated carbocycles. The minimum Gasteiger partial charge on any atom is -0.489 e. The molecule has 0 aliphatic heterocycles. The van der Waals surface area contributed by atoms with Crippen LogP contribution in [-0.4, -0.2) is 29.3 Å². The second-order valence-corrected chi connectivity index (χ2v) is 4.84. The first-order chi connectivity index (χ1) is 11.3. The Kier molecular flexibility index (Phi) is 6.71. The van der Waals surface area contributed by atoms with Gasteiger partial charge in [0.15, 0.2) is 5.96 Å². The Morgan fingerprint density at radius 1 is 1.35 bits per heavy atom. The Morgan fingerprint density at radius 3 is 2.96 bits per heavy atom. The highest BCUT2D eigenvalue weighted by Gasteiger charge is 2.03. The Hall–Kier alpha value is -2.76. The van der Waals surface area contributed by atoms with Gasteiger partial charge in [-0.1, -0.05) is 30.9 Å². The van der Waals surface area contributed by atoms with E-state index in [2.05, 4.69) is 32.4 Å². The number of hydrogen-bond acceptors (Lipinski definition) is 3. The SMILES string of the molecule is C=CCOc1ccccc1CN=C(NCC)NCc1ccn[nH]1. The molecule has 122 valence electrons. The van der Waals surface area contributed by atoms with E-state index in [1.165, 1.54) is 0 Å². The largest absolute Gasteiger partial charge is 0.489 e. The number of nitrogens with zero attached hydrogens (tertiary/aromatic N) is 2. The van der Waals surface area contributed by atoms with Crippen molar-refractivity contribution in [2.45, 2.75) is 20.0 Å². The summed E-state index contributed by atoms with van der Waals surface area (Å²) in [6.07, 6.45) is 3.46. The quantitative estimate of drug-likeness (QED) is 0.397. The lowest BCUT2D eigenvalue weighted by Crippen LogP contribution is -2.36. The van der Waals surface area contributed by atoms with Crippen molar-refractivity contribution in [3.8, 4) is 5.75 Å². The van der Waals surface area contributed by atoms with E-state index in [1.54, 1.807) is 12.3 Å². The highest BCUT2D eigenvalue weighted by atomic mass is 16.5. The Labute approximate surface area is 136 Å². The number of hydrogen-bond donors (Lipinski definition) is 3. The maximum Gasteiger partial charge on any atom is 0.191 e. The molecule has 0 bridgehead atoms. The molecule has 6 heteroatoms. The third-order valence-corrected chi connectivity index (χ3v) is 3.09.